The molecule has 2 saturated carbocycles. The molecular weight excluding hydrogens is 995 g/mol. The second-order valence-electron chi connectivity index (χ2n) is 25.9. The van der Waals surface area contributed by atoms with Crippen LogP contribution in [0.4, 0.5) is 4.79 Å². The van der Waals surface area contributed by atoms with Crippen LogP contribution in [0.3, 0.4) is 0 Å². The van der Waals surface area contributed by atoms with E-state index in [1.165, 1.54) is 13.8 Å². The van der Waals surface area contributed by atoms with Gasteiger partial charge in [-0.1, -0.05) is 102 Å². The zero-order valence-electron chi connectivity index (χ0n) is 49.2. The molecule has 1 amide bonds. The summed E-state index contributed by atoms with van der Waals surface area (Å²) in [5.74, 6) is -4.94. The van der Waals surface area contributed by atoms with Crippen LogP contribution in [0.25, 0.3) is 0 Å². The van der Waals surface area contributed by atoms with E-state index in [4.69, 9.17) is 37.3 Å². The van der Waals surface area contributed by atoms with Crippen molar-refractivity contribution < 1.29 is 71.1 Å². The zero-order chi connectivity index (χ0) is 56.8. The fourth-order valence-corrected chi connectivity index (χ4v) is 22.5. The van der Waals surface area contributed by atoms with Gasteiger partial charge >= 0.3 is 30.0 Å². The molecule has 0 aromatic carbocycles. The summed E-state index contributed by atoms with van der Waals surface area (Å²) >= 11 is 0. The maximum Gasteiger partial charge on any atom is 0.407 e. The van der Waals surface area contributed by atoms with Crippen molar-refractivity contribution in [1.29, 1.82) is 0 Å². The number of carbonyl (C=O) groups is 6. The molecule has 3 aliphatic carbocycles. The summed E-state index contributed by atoms with van der Waals surface area (Å²) in [7, 11) is -5.63. The Balaban J connectivity index is 1.92. The lowest BCUT2D eigenvalue weighted by Crippen LogP contribution is -2.82. The van der Waals surface area contributed by atoms with Crippen molar-refractivity contribution in [2.24, 2.45) is 22.2 Å². The van der Waals surface area contributed by atoms with Crippen LogP contribution in [0.1, 0.15) is 177 Å². The molecule has 1 saturated heterocycles. The summed E-state index contributed by atoms with van der Waals surface area (Å²) in [5.41, 5.74) is -8.36. The number of ether oxygens (including phenoxy) is 6. The molecular formula is C57H95NO15Si2. The average molecular weight is 1090 g/mol. The number of esters is 4. The van der Waals surface area contributed by atoms with Gasteiger partial charge in [0.15, 0.2) is 31.9 Å². The van der Waals surface area contributed by atoms with Gasteiger partial charge in [-0.15, -0.1) is 0 Å². The summed E-state index contributed by atoms with van der Waals surface area (Å²) in [4.78, 5) is 88.5. The standard InChI is InChI=1S/C57H95NO15Si2/c1-21-74(22-2,23-3)72-41-29-42-56(32-66-42,70-38(12)60)47-49-57(65)30-40(36(10)44(54(57,18)19)46(67-37(11)59)48(62)55(41,47)20)68-50(63)45(73-75(33(4)5,34(6)7)35(8)9)39(58-51(64)71-52(13,14)15)27-25-24-26-28-53(16,17)31-43(61)69-49/h24-25,33-35,39-42,45-47,49,65H,21-23,26-32H2,1-20H3,(H,58,64)/b25-24+/t39?,40-,41-,42+,45+,46+,47-,49-,55+,56-,57+/m0/s1. The lowest BCUT2D eigenvalue weighted by molar-refractivity contribution is -0.346. The molecule has 0 radical (unpaired) electrons. The van der Waals surface area contributed by atoms with E-state index in [1.807, 2.05) is 26.0 Å². The molecule has 2 N–H and O–H groups in total. The molecule has 16 nitrogen and oxygen atoms in total. The van der Waals surface area contributed by atoms with Crippen LogP contribution in [-0.2, 0) is 61.2 Å². The predicted octanol–water partition coefficient (Wildman–Crippen LogP) is 10.5. The normalized spacial score (nSPS) is 33.9. The second kappa shape index (κ2) is 22.7. The highest BCUT2D eigenvalue weighted by Gasteiger charge is 2.79. The highest BCUT2D eigenvalue weighted by Crippen LogP contribution is 2.65. The molecule has 426 valence electrons. The lowest BCUT2D eigenvalue weighted by atomic mass is 9.44. The molecule has 0 spiro atoms. The number of allylic oxidation sites excluding steroid dienone is 1. The first kappa shape index (κ1) is 62.4. The first-order valence-corrected chi connectivity index (χ1v) is 32.5. The number of nitrogens with one attached hydrogen (secondary N) is 1. The third-order valence-electron chi connectivity index (χ3n) is 18.3. The molecule has 0 aromatic heterocycles. The summed E-state index contributed by atoms with van der Waals surface area (Å²) in [6.45, 7) is 37.0. The average Bonchev–Trinajstić information content (AvgIpc) is 3.26. The Kier molecular flexibility index (Phi) is 18.9. The number of alkyl carbamates (subject to hydrolysis) is 1. The van der Waals surface area contributed by atoms with E-state index in [0.29, 0.717) is 36.5 Å². The van der Waals surface area contributed by atoms with E-state index >= 15 is 14.4 Å². The highest BCUT2D eigenvalue weighted by atomic mass is 28.4. The van der Waals surface area contributed by atoms with Crippen LogP contribution >= 0.6 is 0 Å². The van der Waals surface area contributed by atoms with Gasteiger partial charge in [0.2, 0.25) is 8.32 Å². The summed E-state index contributed by atoms with van der Waals surface area (Å²) in [6.07, 6.45) is -4.07. The molecule has 3 fully saturated rings. The van der Waals surface area contributed by atoms with Gasteiger partial charge in [0.1, 0.15) is 29.5 Å². The number of rotatable bonds is 13. The molecule has 11 atom stereocenters. The number of amides is 1. The molecule has 75 heavy (non-hydrogen) atoms. The van der Waals surface area contributed by atoms with E-state index < -0.39 is 140 Å². The summed E-state index contributed by atoms with van der Waals surface area (Å²) < 4.78 is 53.3. The Morgan fingerprint density at radius 2 is 1.45 bits per heavy atom. The maximum absolute atomic E-state index is 16.6. The van der Waals surface area contributed by atoms with E-state index in [-0.39, 0.29) is 48.1 Å². The Morgan fingerprint density at radius 1 is 0.867 bits per heavy atom. The van der Waals surface area contributed by atoms with Crippen molar-refractivity contribution in [2.75, 3.05) is 6.61 Å². The van der Waals surface area contributed by atoms with Gasteiger partial charge in [-0.3, -0.25) is 19.2 Å². The van der Waals surface area contributed by atoms with Crippen molar-refractivity contribution in [2.45, 2.75) is 271 Å². The molecule has 1 unspecified atom stereocenters. The van der Waals surface area contributed by atoms with E-state index in [9.17, 15) is 19.5 Å². The topological polar surface area (TPSA) is 209 Å². The van der Waals surface area contributed by atoms with Gasteiger partial charge in [-0.2, -0.15) is 0 Å². The summed E-state index contributed by atoms with van der Waals surface area (Å²) in [6, 6.07) is 1.12. The number of hydrogen-bond acceptors (Lipinski definition) is 15. The predicted molar refractivity (Wildman–Crippen MR) is 289 cm³/mol. The molecule has 5 aliphatic rings. The molecule has 2 aliphatic heterocycles. The highest BCUT2D eigenvalue weighted by molar-refractivity contribution is 6.77. The van der Waals surface area contributed by atoms with Gasteiger partial charge in [0.05, 0.1) is 36.5 Å². The van der Waals surface area contributed by atoms with Crippen molar-refractivity contribution in [3.8, 4) is 0 Å². The minimum Gasteiger partial charge on any atom is -0.459 e. The van der Waals surface area contributed by atoms with Gasteiger partial charge in [-0.05, 0) is 105 Å². The monoisotopic (exact) mass is 1090 g/mol. The fraction of sp³-hybridized carbons (Fsp3) is 0.825. The van der Waals surface area contributed by atoms with Gasteiger partial charge in [-0.25, -0.2) is 9.59 Å². The van der Waals surface area contributed by atoms with E-state index in [1.54, 1.807) is 48.5 Å². The van der Waals surface area contributed by atoms with Gasteiger partial charge < -0.3 is 47.7 Å². The van der Waals surface area contributed by atoms with Crippen molar-refractivity contribution in [3.05, 3.63) is 23.3 Å². The minimum atomic E-state index is -3.00. The Bertz CT molecular complexity index is 2180. The van der Waals surface area contributed by atoms with Crippen LogP contribution < -0.4 is 5.32 Å². The molecule has 5 rings (SSSR count). The van der Waals surface area contributed by atoms with E-state index in [2.05, 4.69) is 67.6 Å². The lowest BCUT2D eigenvalue weighted by Gasteiger charge is -2.68. The Hall–Kier alpha value is -3.43. The van der Waals surface area contributed by atoms with Crippen LogP contribution in [0.2, 0.25) is 34.8 Å². The quantitative estimate of drug-likeness (QED) is 0.0761. The van der Waals surface area contributed by atoms with Crippen molar-refractivity contribution >= 4 is 52.4 Å². The number of hydrogen-bond donors (Lipinski definition) is 2. The molecule has 18 heteroatoms. The number of ketones is 1. The largest absolute Gasteiger partial charge is 0.459 e. The number of carbonyl (C=O) groups excluding carboxylic acids is 6. The number of fused-ring (bicyclic) bond motifs is 6. The van der Waals surface area contributed by atoms with Crippen LogP contribution in [-0.4, -0.2) is 124 Å². The van der Waals surface area contributed by atoms with Crippen LogP contribution in [0.5, 0.6) is 0 Å². The Morgan fingerprint density at radius 3 is 1.95 bits per heavy atom. The van der Waals surface area contributed by atoms with Gasteiger partial charge in [0.25, 0.3) is 0 Å². The minimum absolute atomic E-state index is 0.00627. The number of Topliss-reactive ketones (excluding diaryl/α,β-unsaturated/α-hetero) is 1. The molecule has 2 heterocycles. The van der Waals surface area contributed by atoms with Crippen molar-refractivity contribution in [1.82, 2.24) is 5.32 Å². The van der Waals surface area contributed by atoms with Crippen molar-refractivity contribution in [3.63, 3.8) is 0 Å². The summed E-state index contributed by atoms with van der Waals surface area (Å²) in [5, 5.41) is 17.4. The smallest absolute Gasteiger partial charge is 0.407 e. The molecule has 0 aromatic rings. The number of aliphatic hydroxyl groups is 1. The van der Waals surface area contributed by atoms with Gasteiger partial charge in [0, 0.05) is 32.1 Å². The third-order valence-corrected chi connectivity index (χ3v) is 29.0. The SMILES string of the molecule is CC[Si](CC)(CC)O[C@H]1C[C@H]2OC[C@@]2(OC(C)=O)[C@H]2[C@@H]3OC(=O)CC(C)(C)CC/C=C/CC(NC(=O)OC(C)(C)C)[C@@H](O[Si](C(C)C)(C(C)C)C(C)C)C(=O)O[C@H]4C[C@]3(O)C(C)(C)C(=C4C)[C@@H](OC(C)=O)C(=O)[C@]12C. The fourth-order valence-electron chi connectivity index (χ4n) is 14.1. The van der Waals surface area contributed by atoms with E-state index in [0.717, 1.165) is 0 Å². The zero-order valence-corrected chi connectivity index (χ0v) is 51.2. The third kappa shape index (κ3) is 11.8. The Labute approximate surface area is 450 Å². The first-order valence-electron chi connectivity index (χ1n) is 27.9. The van der Waals surface area contributed by atoms with Crippen LogP contribution in [0, 0.1) is 22.2 Å². The van der Waals surface area contributed by atoms with Crippen LogP contribution in [0.15, 0.2) is 23.3 Å². The second-order valence-corrected chi connectivity index (χ2v) is 36.1. The first-order chi connectivity index (χ1) is 34.5. The molecule has 3 bridgehead atoms. The maximum atomic E-state index is 16.6.